The molecule has 0 fully saturated rings. The Labute approximate surface area is 99.4 Å². The molecule has 0 aliphatic carbocycles. The molecule has 0 aliphatic heterocycles. The van der Waals surface area contributed by atoms with Crippen molar-refractivity contribution in [1.29, 1.82) is 0 Å². The Bertz CT molecular complexity index is 470. The van der Waals surface area contributed by atoms with Crippen LogP contribution in [0.1, 0.15) is 0 Å². The highest BCUT2D eigenvalue weighted by molar-refractivity contribution is 14.1. The molecular formula is C9H6ClIN2O. The maximum absolute atomic E-state index is 6.01. The van der Waals surface area contributed by atoms with E-state index in [4.69, 9.17) is 21.9 Å². The molecule has 0 atom stereocenters. The Balaban J connectivity index is 2.60. The van der Waals surface area contributed by atoms with Crippen LogP contribution >= 0.6 is 34.2 Å². The molecule has 1 aromatic heterocycles. The topological polar surface area (TPSA) is 52.0 Å². The SMILES string of the molecule is Nc1noc(-c2ccccc2Cl)c1I. The van der Waals surface area contributed by atoms with Crippen LogP contribution in [0, 0.1) is 3.57 Å². The second-order valence-electron chi connectivity index (χ2n) is 2.69. The van der Waals surface area contributed by atoms with Gasteiger partial charge in [-0.3, -0.25) is 0 Å². The molecule has 0 radical (unpaired) electrons. The average Bonchev–Trinajstić information content (AvgIpc) is 2.49. The summed E-state index contributed by atoms with van der Waals surface area (Å²) in [7, 11) is 0. The Hall–Kier alpha value is -0.750. The van der Waals surface area contributed by atoms with E-state index in [2.05, 4.69) is 27.7 Å². The standard InChI is InChI=1S/C9H6ClIN2O/c10-6-4-2-1-3-5(6)8-7(11)9(12)13-14-8/h1-4H,(H2,12,13). The van der Waals surface area contributed by atoms with Gasteiger partial charge in [0.15, 0.2) is 11.6 Å². The Morgan fingerprint density at radius 2 is 2.07 bits per heavy atom. The molecule has 0 spiro atoms. The Kier molecular flexibility index (Phi) is 2.64. The first-order valence-electron chi connectivity index (χ1n) is 3.85. The first-order valence-corrected chi connectivity index (χ1v) is 5.31. The van der Waals surface area contributed by atoms with Gasteiger partial charge >= 0.3 is 0 Å². The van der Waals surface area contributed by atoms with Crippen LogP contribution in [0.25, 0.3) is 11.3 Å². The lowest BCUT2D eigenvalue weighted by molar-refractivity contribution is 0.435. The zero-order valence-corrected chi connectivity index (χ0v) is 9.91. The van der Waals surface area contributed by atoms with Crippen molar-refractivity contribution >= 4 is 40.0 Å². The minimum Gasteiger partial charge on any atom is -0.380 e. The number of benzene rings is 1. The van der Waals surface area contributed by atoms with Crippen molar-refractivity contribution in [3.63, 3.8) is 0 Å². The maximum atomic E-state index is 6.01. The summed E-state index contributed by atoms with van der Waals surface area (Å²) >= 11 is 8.09. The molecule has 2 rings (SSSR count). The summed E-state index contributed by atoms with van der Waals surface area (Å²) in [5.41, 5.74) is 6.38. The summed E-state index contributed by atoms with van der Waals surface area (Å²) < 4.78 is 5.88. The van der Waals surface area contributed by atoms with Crippen LogP contribution in [-0.2, 0) is 0 Å². The summed E-state index contributed by atoms with van der Waals surface area (Å²) in [4.78, 5) is 0. The average molecular weight is 321 g/mol. The normalized spacial score (nSPS) is 10.4. The molecule has 0 aliphatic rings. The lowest BCUT2D eigenvalue weighted by Crippen LogP contribution is -1.86. The van der Waals surface area contributed by atoms with Crippen molar-refractivity contribution in [1.82, 2.24) is 5.16 Å². The summed E-state index contributed by atoms with van der Waals surface area (Å²) in [5, 5.41) is 4.30. The minimum atomic E-state index is 0.389. The monoisotopic (exact) mass is 320 g/mol. The summed E-state index contributed by atoms with van der Waals surface area (Å²) in [5.74, 6) is 1.01. The minimum absolute atomic E-state index is 0.389. The lowest BCUT2D eigenvalue weighted by atomic mass is 10.2. The molecule has 5 heteroatoms. The number of rotatable bonds is 1. The molecule has 14 heavy (non-hydrogen) atoms. The fourth-order valence-corrected chi connectivity index (χ4v) is 1.81. The Morgan fingerprint density at radius 3 is 2.64 bits per heavy atom. The first kappa shape index (κ1) is 9.79. The van der Waals surface area contributed by atoms with Gasteiger partial charge in [-0.25, -0.2) is 0 Å². The van der Waals surface area contributed by atoms with E-state index >= 15 is 0 Å². The van der Waals surface area contributed by atoms with Gasteiger partial charge in [-0.05, 0) is 34.7 Å². The molecule has 0 saturated carbocycles. The van der Waals surface area contributed by atoms with Crippen molar-refractivity contribution in [2.75, 3.05) is 5.73 Å². The van der Waals surface area contributed by atoms with E-state index in [9.17, 15) is 0 Å². The number of hydrogen-bond acceptors (Lipinski definition) is 3. The number of nitrogens with two attached hydrogens (primary N) is 1. The van der Waals surface area contributed by atoms with Gasteiger partial charge in [0.2, 0.25) is 0 Å². The summed E-state index contributed by atoms with van der Waals surface area (Å²) in [6.45, 7) is 0. The molecule has 0 saturated heterocycles. The van der Waals surface area contributed by atoms with Crippen LogP contribution in [0.5, 0.6) is 0 Å². The number of hydrogen-bond donors (Lipinski definition) is 1. The highest BCUT2D eigenvalue weighted by Gasteiger charge is 2.14. The summed E-state index contributed by atoms with van der Waals surface area (Å²) in [6.07, 6.45) is 0. The maximum Gasteiger partial charge on any atom is 0.183 e. The lowest BCUT2D eigenvalue weighted by Gasteiger charge is -1.98. The zero-order chi connectivity index (χ0) is 10.1. The van der Waals surface area contributed by atoms with Crippen molar-refractivity contribution < 1.29 is 4.52 Å². The number of halogens is 2. The van der Waals surface area contributed by atoms with Gasteiger partial charge in [0.1, 0.15) is 3.57 Å². The number of nitrogens with zero attached hydrogens (tertiary/aromatic N) is 1. The van der Waals surface area contributed by atoms with Gasteiger partial charge in [0.05, 0.1) is 5.02 Å². The van der Waals surface area contributed by atoms with Gasteiger partial charge in [0.25, 0.3) is 0 Å². The number of aromatic nitrogens is 1. The fourth-order valence-electron chi connectivity index (χ4n) is 1.10. The van der Waals surface area contributed by atoms with Crippen molar-refractivity contribution in [3.8, 4) is 11.3 Å². The highest BCUT2D eigenvalue weighted by Crippen LogP contribution is 2.33. The first-order chi connectivity index (χ1) is 6.70. The predicted octanol–water partition coefficient (Wildman–Crippen LogP) is 3.18. The van der Waals surface area contributed by atoms with E-state index in [-0.39, 0.29) is 0 Å². The van der Waals surface area contributed by atoms with Crippen LogP contribution in [0.2, 0.25) is 5.02 Å². The van der Waals surface area contributed by atoms with Gasteiger partial charge < -0.3 is 10.3 Å². The van der Waals surface area contributed by atoms with Gasteiger partial charge in [-0.1, -0.05) is 28.9 Å². The fraction of sp³-hybridized carbons (Fsp3) is 0. The molecule has 2 aromatic rings. The second-order valence-corrected chi connectivity index (χ2v) is 4.18. The largest absolute Gasteiger partial charge is 0.380 e. The molecule has 0 amide bonds. The number of anilines is 1. The van der Waals surface area contributed by atoms with E-state index in [1.54, 1.807) is 6.07 Å². The van der Waals surface area contributed by atoms with Crippen LogP contribution in [0.4, 0.5) is 5.82 Å². The van der Waals surface area contributed by atoms with Crippen LogP contribution in [0.3, 0.4) is 0 Å². The van der Waals surface area contributed by atoms with Gasteiger partial charge in [-0.2, -0.15) is 0 Å². The van der Waals surface area contributed by atoms with E-state index in [1.807, 2.05) is 18.2 Å². The van der Waals surface area contributed by atoms with Crippen molar-refractivity contribution in [2.24, 2.45) is 0 Å². The van der Waals surface area contributed by atoms with E-state index in [0.29, 0.717) is 16.6 Å². The molecule has 1 heterocycles. The third-order valence-corrected chi connectivity index (χ3v) is 3.15. The van der Waals surface area contributed by atoms with E-state index < -0.39 is 0 Å². The van der Waals surface area contributed by atoms with Crippen LogP contribution in [0.15, 0.2) is 28.8 Å². The molecule has 72 valence electrons. The molecule has 1 aromatic carbocycles. The molecule has 3 nitrogen and oxygen atoms in total. The summed E-state index contributed by atoms with van der Waals surface area (Å²) in [6, 6.07) is 7.41. The molecular weight excluding hydrogens is 314 g/mol. The molecule has 2 N–H and O–H groups in total. The van der Waals surface area contributed by atoms with Gasteiger partial charge in [0, 0.05) is 5.56 Å². The van der Waals surface area contributed by atoms with Gasteiger partial charge in [-0.15, -0.1) is 0 Å². The zero-order valence-electron chi connectivity index (χ0n) is 7.00. The Morgan fingerprint density at radius 1 is 1.36 bits per heavy atom. The smallest absolute Gasteiger partial charge is 0.183 e. The third kappa shape index (κ3) is 1.59. The van der Waals surface area contributed by atoms with Crippen LogP contribution < -0.4 is 5.73 Å². The molecule has 0 unspecified atom stereocenters. The van der Waals surface area contributed by atoms with E-state index in [0.717, 1.165) is 9.13 Å². The number of nitrogen functional groups attached to an aromatic ring is 1. The molecule has 0 bridgehead atoms. The predicted molar refractivity (Wildman–Crippen MR) is 64.1 cm³/mol. The quantitative estimate of drug-likeness (QED) is 0.821. The second kappa shape index (κ2) is 3.78. The van der Waals surface area contributed by atoms with E-state index in [1.165, 1.54) is 0 Å². The highest BCUT2D eigenvalue weighted by atomic mass is 127. The van der Waals surface area contributed by atoms with Crippen molar-refractivity contribution in [3.05, 3.63) is 32.9 Å². The van der Waals surface area contributed by atoms with Crippen molar-refractivity contribution in [2.45, 2.75) is 0 Å². The van der Waals surface area contributed by atoms with Crippen LogP contribution in [-0.4, -0.2) is 5.16 Å². The third-order valence-electron chi connectivity index (χ3n) is 1.78.